The number of benzene rings is 1. The molecule has 138 valence electrons. The van der Waals surface area contributed by atoms with E-state index in [4.69, 9.17) is 14.2 Å². The topological polar surface area (TPSA) is 48.0 Å². The number of hydrogen-bond donors (Lipinski definition) is 0. The summed E-state index contributed by atoms with van der Waals surface area (Å²) in [6.45, 7) is 7.56. The fourth-order valence-electron chi connectivity index (χ4n) is 3.04. The van der Waals surface area contributed by atoms with Crippen LogP contribution in [0.5, 0.6) is 11.5 Å². The highest BCUT2D eigenvalue weighted by atomic mass is 16.5. The molecule has 2 rings (SSSR count). The van der Waals surface area contributed by atoms with Gasteiger partial charge in [0, 0.05) is 6.54 Å². The van der Waals surface area contributed by atoms with Crippen LogP contribution in [0.4, 0.5) is 0 Å². The van der Waals surface area contributed by atoms with Gasteiger partial charge in [-0.1, -0.05) is 18.2 Å². The van der Waals surface area contributed by atoms with E-state index in [0.29, 0.717) is 13.2 Å². The number of methoxy groups -OCH3 is 1. The molecular weight excluding hydrogens is 318 g/mol. The highest BCUT2D eigenvalue weighted by molar-refractivity contribution is 5.72. The summed E-state index contributed by atoms with van der Waals surface area (Å²) in [6, 6.07) is 5.93. The van der Waals surface area contributed by atoms with Crippen LogP contribution in [0, 0.1) is 5.92 Å². The third-order valence-corrected chi connectivity index (χ3v) is 4.42. The van der Waals surface area contributed by atoms with Gasteiger partial charge in [0.25, 0.3) is 0 Å². The van der Waals surface area contributed by atoms with Gasteiger partial charge in [0.15, 0.2) is 11.5 Å². The maximum absolute atomic E-state index is 11.8. The van der Waals surface area contributed by atoms with Crippen LogP contribution in [-0.2, 0) is 9.53 Å². The van der Waals surface area contributed by atoms with Crippen molar-refractivity contribution >= 4 is 12.0 Å². The van der Waals surface area contributed by atoms with Gasteiger partial charge in [-0.3, -0.25) is 9.69 Å². The molecule has 0 amide bonds. The van der Waals surface area contributed by atoms with Crippen molar-refractivity contribution in [2.75, 3.05) is 40.0 Å². The van der Waals surface area contributed by atoms with Gasteiger partial charge in [0.2, 0.25) is 0 Å². The highest BCUT2D eigenvalue weighted by Crippen LogP contribution is 2.28. The Balaban J connectivity index is 1.77. The second kappa shape index (κ2) is 10.1. The van der Waals surface area contributed by atoms with Gasteiger partial charge in [-0.25, -0.2) is 0 Å². The number of carbonyl (C=O) groups excluding carboxylic acids is 1. The summed E-state index contributed by atoms with van der Waals surface area (Å²) in [7, 11) is 1.65. The summed E-state index contributed by atoms with van der Waals surface area (Å²) in [5.41, 5.74) is 1.09. The van der Waals surface area contributed by atoms with Gasteiger partial charge in [-0.2, -0.15) is 0 Å². The van der Waals surface area contributed by atoms with E-state index in [1.807, 2.05) is 44.2 Å². The molecule has 0 radical (unpaired) electrons. The fourth-order valence-corrected chi connectivity index (χ4v) is 3.04. The zero-order chi connectivity index (χ0) is 18.1. The second-order valence-corrected chi connectivity index (χ2v) is 6.13. The quantitative estimate of drug-likeness (QED) is 0.675. The van der Waals surface area contributed by atoms with Gasteiger partial charge in [0.1, 0.15) is 6.61 Å². The average molecular weight is 347 g/mol. The number of nitrogens with zero attached hydrogens (tertiary/aromatic N) is 1. The van der Waals surface area contributed by atoms with E-state index in [0.717, 1.165) is 49.5 Å². The molecule has 0 aromatic heterocycles. The van der Waals surface area contributed by atoms with Crippen LogP contribution in [0.1, 0.15) is 32.3 Å². The Morgan fingerprint density at radius 1 is 1.28 bits per heavy atom. The van der Waals surface area contributed by atoms with Gasteiger partial charge in [-0.15, -0.1) is 0 Å². The monoisotopic (exact) mass is 347 g/mol. The van der Waals surface area contributed by atoms with Crippen LogP contribution in [0.15, 0.2) is 24.3 Å². The smallest absolute Gasteiger partial charge is 0.309 e. The Morgan fingerprint density at radius 3 is 2.68 bits per heavy atom. The van der Waals surface area contributed by atoms with E-state index >= 15 is 0 Å². The molecule has 5 heteroatoms. The van der Waals surface area contributed by atoms with Gasteiger partial charge >= 0.3 is 5.97 Å². The lowest BCUT2D eigenvalue weighted by molar-refractivity contribution is -0.149. The Bertz CT molecular complexity index is 577. The van der Waals surface area contributed by atoms with E-state index in [1.165, 1.54) is 0 Å². The van der Waals surface area contributed by atoms with Crippen LogP contribution in [0.2, 0.25) is 0 Å². The molecule has 0 unspecified atom stereocenters. The Morgan fingerprint density at radius 2 is 2.04 bits per heavy atom. The summed E-state index contributed by atoms with van der Waals surface area (Å²) in [4.78, 5) is 14.1. The van der Waals surface area contributed by atoms with E-state index in [-0.39, 0.29) is 11.9 Å². The maximum Gasteiger partial charge on any atom is 0.309 e. The standard InChI is InChI=1S/C20H29NO4/c1-4-6-16-7-8-18(19(15-16)23-3)25-14-13-21-11-9-17(10-12-21)20(22)24-5-2/h4,6-8,15,17H,5,9-14H2,1-3H3/b6-4+. The molecule has 0 saturated carbocycles. The third-order valence-electron chi connectivity index (χ3n) is 4.42. The number of ether oxygens (including phenoxy) is 3. The first-order valence-corrected chi connectivity index (χ1v) is 9.00. The van der Waals surface area contributed by atoms with Crippen LogP contribution in [0.3, 0.4) is 0 Å². The molecule has 0 bridgehead atoms. The van der Waals surface area contributed by atoms with Crippen molar-refractivity contribution in [3.05, 3.63) is 29.8 Å². The number of allylic oxidation sites excluding steroid dienone is 1. The molecule has 1 saturated heterocycles. The number of esters is 1. The van der Waals surface area contributed by atoms with Crippen molar-refractivity contribution < 1.29 is 19.0 Å². The predicted octanol–water partition coefficient (Wildman–Crippen LogP) is 3.38. The van der Waals surface area contributed by atoms with E-state index in [2.05, 4.69) is 4.90 Å². The molecule has 0 spiro atoms. The van der Waals surface area contributed by atoms with Crippen molar-refractivity contribution in [1.82, 2.24) is 4.90 Å². The molecule has 1 heterocycles. The number of hydrogen-bond acceptors (Lipinski definition) is 5. The Kier molecular flexibility index (Phi) is 7.79. The second-order valence-electron chi connectivity index (χ2n) is 6.13. The summed E-state index contributed by atoms with van der Waals surface area (Å²) < 4.78 is 16.4. The molecule has 5 nitrogen and oxygen atoms in total. The maximum atomic E-state index is 11.8. The van der Waals surface area contributed by atoms with E-state index in [9.17, 15) is 4.79 Å². The van der Waals surface area contributed by atoms with E-state index in [1.54, 1.807) is 7.11 Å². The van der Waals surface area contributed by atoms with Crippen molar-refractivity contribution in [3.8, 4) is 11.5 Å². The van der Waals surface area contributed by atoms with Crippen molar-refractivity contribution in [3.63, 3.8) is 0 Å². The normalized spacial score (nSPS) is 16.1. The van der Waals surface area contributed by atoms with Crippen LogP contribution in [-0.4, -0.2) is 50.8 Å². The van der Waals surface area contributed by atoms with Crippen LogP contribution in [0.25, 0.3) is 6.08 Å². The van der Waals surface area contributed by atoms with Crippen LogP contribution < -0.4 is 9.47 Å². The molecule has 1 aliphatic heterocycles. The lowest BCUT2D eigenvalue weighted by Gasteiger charge is -2.30. The van der Waals surface area contributed by atoms with Gasteiger partial charge in [0.05, 0.1) is 19.6 Å². The third kappa shape index (κ3) is 5.78. The van der Waals surface area contributed by atoms with Gasteiger partial charge in [-0.05, 0) is 57.5 Å². The average Bonchev–Trinajstić information content (AvgIpc) is 2.63. The summed E-state index contributed by atoms with van der Waals surface area (Å²) in [6.07, 6.45) is 5.75. The first kappa shape index (κ1) is 19.3. The molecule has 25 heavy (non-hydrogen) atoms. The van der Waals surface area contributed by atoms with Crippen molar-refractivity contribution in [2.24, 2.45) is 5.92 Å². The molecule has 1 aromatic carbocycles. The Hall–Kier alpha value is -2.01. The molecule has 0 N–H and O–H groups in total. The molecule has 0 aliphatic carbocycles. The van der Waals surface area contributed by atoms with Crippen molar-refractivity contribution in [1.29, 1.82) is 0 Å². The molecule has 1 fully saturated rings. The summed E-state index contributed by atoms with van der Waals surface area (Å²) >= 11 is 0. The fraction of sp³-hybridized carbons (Fsp3) is 0.550. The number of likely N-dealkylation sites (tertiary alicyclic amines) is 1. The minimum Gasteiger partial charge on any atom is -0.493 e. The van der Waals surface area contributed by atoms with Crippen molar-refractivity contribution in [2.45, 2.75) is 26.7 Å². The lowest BCUT2D eigenvalue weighted by Crippen LogP contribution is -2.39. The van der Waals surface area contributed by atoms with Crippen LogP contribution >= 0.6 is 0 Å². The largest absolute Gasteiger partial charge is 0.493 e. The van der Waals surface area contributed by atoms with Gasteiger partial charge < -0.3 is 14.2 Å². The predicted molar refractivity (Wildman–Crippen MR) is 99.0 cm³/mol. The lowest BCUT2D eigenvalue weighted by atomic mass is 9.97. The molecule has 1 aliphatic rings. The molecule has 0 atom stereocenters. The zero-order valence-corrected chi connectivity index (χ0v) is 15.5. The first-order chi connectivity index (χ1) is 12.2. The first-order valence-electron chi connectivity index (χ1n) is 9.00. The zero-order valence-electron chi connectivity index (χ0n) is 15.5. The minimum atomic E-state index is -0.0515. The Labute approximate surface area is 150 Å². The highest BCUT2D eigenvalue weighted by Gasteiger charge is 2.25. The van der Waals surface area contributed by atoms with E-state index < -0.39 is 0 Å². The minimum absolute atomic E-state index is 0.0515. The number of rotatable bonds is 8. The summed E-state index contributed by atoms with van der Waals surface area (Å²) in [5.74, 6) is 1.51. The summed E-state index contributed by atoms with van der Waals surface area (Å²) in [5, 5.41) is 0. The number of piperidine rings is 1. The number of carbonyl (C=O) groups is 1. The molecular formula is C20H29NO4. The SMILES string of the molecule is C/C=C/c1ccc(OCCN2CCC(C(=O)OCC)CC2)c(OC)c1. The molecule has 1 aromatic rings.